The number of hydrazone groups is 1. The van der Waals surface area contributed by atoms with Crippen LogP contribution in [0.5, 0.6) is 28.7 Å². The van der Waals surface area contributed by atoms with Gasteiger partial charge in [0, 0.05) is 0 Å². The number of hydrogen-bond acceptors (Lipinski definition) is 8. The summed E-state index contributed by atoms with van der Waals surface area (Å²) in [5, 5.41) is 4.00. The minimum absolute atomic E-state index is 0.207. The Labute approximate surface area is 209 Å². The van der Waals surface area contributed by atoms with E-state index >= 15 is 0 Å². The molecule has 0 aliphatic heterocycles. The minimum Gasteiger partial charge on any atom is -0.493 e. The third kappa shape index (κ3) is 6.75. The SMILES string of the molecule is CCOc1cc(C=NNC(=O)Cc2ccccc2)ccc1OC(=O)c1cc(OC)c(OC)c(OC)c1. The topological polar surface area (TPSA) is 105 Å². The first-order valence-electron chi connectivity index (χ1n) is 11.1. The van der Waals surface area contributed by atoms with Gasteiger partial charge in [-0.15, -0.1) is 0 Å². The lowest BCUT2D eigenvalue weighted by Crippen LogP contribution is -2.19. The van der Waals surface area contributed by atoms with E-state index < -0.39 is 5.97 Å². The van der Waals surface area contributed by atoms with Gasteiger partial charge >= 0.3 is 5.97 Å². The molecule has 1 amide bonds. The Kier molecular flexibility index (Phi) is 9.27. The van der Waals surface area contributed by atoms with E-state index in [2.05, 4.69) is 10.5 Å². The molecule has 0 atom stereocenters. The van der Waals surface area contributed by atoms with Crippen LogP contribution in [-0.2, 0) is 11.2 Å². The monoisotopic (exact) mass is 492 g/mol. The summed E-state index contributed by atoms with van der Waals surface area (Å²) >= 11 is 0. The molecule has 9 heteroatoms. The number of ether oxygens (including phenoxy) is 5. The van der Waals surface area contributed by atoms with Crippen LogP contribution in [0, 0.1) is 0 Å². The van der Waals surface area contributed by atoms with Crippen LogP contribution < -0.4 is 29.1 Å². The molecule has 9 nitrogen and oxygen atoms in total. The van der Waals surface area contributed by atoms with Gasteiger partial charge in [-0.25, -0.2) is 10.2 Å². The number of hydrogen-bond donors (Lipinski definition) is 1. The van der Waals surface area contributed by atoms with Gasteiger partial charge in [-0.1, -0.05) is 30.3 Å². The molecule has 0 aliphatic rings. The van der Waals surface area contributed by atoms with Crippen LogP contribution in [0.1, 0.15) is 28.4 Å². The molecule has 0 radical (unpaired) electrons. The molecule has 0 unspecified atom stereocenters. The number of carbonyl (C=O) groups excluding carboxylic acids is 2. The number of nitrogens with one attached hydrogen (secondary N) is 1. The number of carbonyl (C=O) groups is 2. The summed E-state index contributed by atoms with van der Waals surface area (Å²) in [5.74, 6) is 0.720. The van der Waals surface area contributed by atoms with E-state index in [0.29, 0.717) is 35.2 Å². The maximum Gasteiger partial charge on any atom is 0.343 e. The second-order valence-corrected chi connectivity index (χ2v) is 7.40. The molecule has 1 N–H and O–H groups in total. The van der Waals surface area contributed by atoms with Gasteiger partial charge < -0.3 is 23.7 Å². The molecule has 0 heterocycles. The van der Waals surface area contributed by atoms with Crippen molar-refractivity contribution in [2.75, 3.05) is 27.9 Å². The normalized spacial score (nSPS) is 10.6. The zero-order chi connectivity index (χ0) is 25.9. The first kappa shape index (κ1) is 26.1. The molecule has 0 spiro atoms. The zero-order valence-corrected chi connectivity index (χ0v) is 20.6. The van der Waals surface area contributed by atoms with E-state index in [1.54, 1.807) is 18.2 Å². The molecule has 0 saturated heterocycles. The smallest absolute Gasteiger partial charge is 0.343 e. The Morgan fingerprint density at radius 2 is 1.56 bits per heavy atom. The lowest BCUT2D eigenvalue weighted by atomic mass is 10.1. The van der Waals surface area contributed by atoms with Gasteiger partial charge in [-0.2, -0.15) is 5.10 Å². The molecule has 3 aromatic rings. The summed E-state index contributed by atoms with van der Waals surface area (Å²) in [6, 6.07) is 17.3. The number of benzene rings is 3. The first-order valence-corrected chi connectivity index (χ1v) is 11.1. The van der Waals surface area contributed by atoms with Crippen LogP contribution in [0.25, 0.3) is 0 Å². The quantitative estimate of drug-likeness (QED) is 0.187. The highest BCUT2D eigenvalue weighted by molar-refractivity contribution is 5.93. The standard InChI is InChI=1S/C27H28N2O7/c1-5-35-22-13-19(17-28-29-25(30)14-18-9-7-6-8-10-18)11-12-21(22)36-27(31)20-15-23(32-2)26(34-4)24(16-20)33-3/h6-13,15-17H,5,14H2,1-4H3,(H,29,30). The van der Waals surface area contributed by atoms with Gasteiger partial charge in [0.1, 0.15) is 0 Å². The van der Waals surface area contributed by atoms with Crippen molar-refractivity contribution in [2.24, 2.45) is 5.10 Å². The lowest BCUT2D eigenvalue weighted by Gasteiger charge is -2.15. The predicted molar refractivity (Wildman–Crippen MR) is 135 cm³/mol. The molecule has 0 aromatic heterocycles. The highest BCUT2D eigenvalue weighted by atomic mass is 16.6. The fraction of sp³-hybridized carbons (Fsp3) is 0.222. The Balaban J connectivity index is 1.73. The van der Waals surface area contributed by atoms with E-state index in [0.717, 1.165) is 5.56 Å². The third-order valence-electron chi connectivity index (χ3n) is 4.98. The Morgan fingerprint density at radius 3 is 2.17 bits per heavy atom. The largest absolute Gasteiger partial charge is 0.493 e. The van der Waals surface area contributed by atoms with Crippen molar-refractivity contribution < 1.29 is 33.3 Å². The molecule has 0 bridgehead atoms. The van der Waals surface area contributed by atoms with Gasteiger partial charge in [-0.3, -0.25) is 4.79 Å². The summed E-state index contributed by atoms with van der Waals surface area (Å²) in [4.78, 5) is 25.0. The molecule has 0 saturated carbocycles. The second-order valence-electron chi connectivity index (χ2n) is 7.40. The van der Waals surface area contributed by atoms with Gasteiger partial charge in [0.15, 0.2) is 23.0 Å². The number of esters is 1. The number of nitrogens with zero attached hydrogens (tertiary/aromatic N) is 1. The second kappa shape index (κ2) is 12.8. The van der Waals surface area contributed by atoms with Crippen molar-refractivity contribution in [1.29, 1.82) is 0 Å². The van der Waals surface area contributed by atoms with E-state index in [-0.39, 0.29) is 23.6 Å². The summed E-state index contributed by atoms with van der Waals surface area (Å²) in [7, 11) is 4.40. The maximum absolute atomic E-state index is 12.9. The molecule has 36 heavy (non-hydrogen) atoms. The third-order valence-corrected chi connectivity index (χ3v) is 4.98. The minimum atomic E-state index is -0.634. The number of rotatable bonds is 11. The Bertz CT molecular complexity index is 1200. The molecule has 188 valence electrons. The fourth-order valence-corrected chi connectivity index (χ4v) is 3.31. The van der Waals surface area contributed by atoms with Crippen LogP contribution in [0.15, 0.2) is 65.8 Å². The summed E-state index contributed by atoms with van der Waals surface area (Å²) in [6.45, 7) is 2.17. The highest BCUT2D eigenvalue weighted by Gasteiger charge is 2.19. The van der Waals surface area contributed by atoms with Crippen LogP contribution in [0.2, 0.25) is 0 Å². The highest BCUT2D eigenvalue weighted by Crippen LogP contribution is 2.38. The predicted octanol–water partition coefficient (Wildman–Crippen LogP) is 4.02. The summed E-state index contributed by atoms with van der Waals surface area (Å²) < 4.78 is 27.1. The van der Waals surface area contributed by atoms with Crippen molar-refractivity contribution in [2.45, 2.75) is 13.3 Å². The molecular formula is C27H28N2O7. The van der Waals surface area contributed by atoms with Gasteiger partial charge in [0.25, 0.3) is 0 Å². The zero-order valence-electron chi connectivity index (χ0n) is 20.6. The molecule has 0 aliphatic carbocycles. The first-order chi connectivity index (χ1) is 17.5. The van der Waals surface area contributed by atoms with E-state index in [4.69, 9.17) is 23.7 Å². The Hall–Kier alpha value is -4.53. The molecular weight excluding hydrogens is 464 g/mol. The van der Waals surface area contributed by atoms with Crippen molar-refractivity contribution in [3.8, 4) is 28.7 Å². The van der Waals surface area contributed by atoms with Crippen LogP contribution in [0.4, 0.5) is 0 Å². The van der Waals surface area contributed by atoms with Gasteiger partial charge in [0.2, 0.25) is 11.7 Å². The fourth-order valence-electron chi connectivity index (χ4n) is 3.31. The van der Waals surface area contributed by atoms with Gasteiger partial charge in [0.05, 0.1) is 46.1 Å². The summed E-state index contributed by atoms with van der Waals surface area (Å²) in [6.07, 6.45) is 1.70. The van der Waals surface area contributed by atoms with Crippen molar-refractivity contribution in [1.82, 2.24) is 5.43 Å². The van der Waals surface area contributed by atoms with Crippen LogP contribution in [0.3, 0.4) is 0 Å². The number of amides is 1. The van der Waals surface area contributed by atoms with Crippen molar-refractivity contribution in [3.63, 3.8) is 0 Å². The van der Waals surface area contributed by atoms with Crippen molar-refractivity contribution >= 4 is 18.1 Å². The van der Waals surface area contributed by atoms with Crippen LogP contribution in [-0.4, -0.2) is 46.0 Å². The van der Waals surface area contributed by atoms with Crippen molar-refractivity contribution in [3.05, 3.63) is 77.4 Å². The Morgan fingerprint density at radius 1 is 0.861 bits per heavy atom. The maximum atomic E-state index is 12.9. The van der Waals surface area contributed by atoms with E-state index in [9.17, 15) is 9.59 Å². The lowest BCUT2D eigenvalue weighted by molar-refractivity contribution is -0.120. The molecule has 0 fully saturated rings. The van der Waals surface area contributed by atoms with E-state index in [1.807, 2.05) is 37.3 Å². The summed E-state index contributed by atoms with van der Waals surface area (Å²) in [5.41, 5.74) is 4.24. The average molecular weight is 493 g/mol. The van der Waals surface area contributed by atoms with Crippen LogP contribution >= 0.6 is 0 Å². The average Bonchev–Trinajstić information content (AvgIpc) is 2.89. The van der Waals surface area contributed by atoms with Gasteiger partial charge in [-0.05, 0) is 48.4 Å². The number of methoxy groups -OCH3 is 3. The van der Waals surface area contributed by atoms with E-state index in [1.165, 1.54) is 39.7 Å². The molecule has 3 rings (SSSR count). The molecule has 3 aromatic carbocycles.